The topological polar surface area (TPSA) is 62.2 Å². The number of aryl methyl sites for hydroxylation is 1. The molecule has 5 heteroatoms. The second-order valence-corrected chi connectivity index (χ2v) is 7.50. The van der Waals surface area contributed by atoms with Gasteiger partial charge < -0.3 is 10.4 Å². The normalized spacial score (nSPS) is 10.8. The van der Waals surface area contributed by atoms with E-state index in [2.05, 4.69) is 23.5 Å². The highest BCUT2D eigenvalue weighted by Gasteiger charge is 2.11. The number of anilines is 2. The van der Waals surface area contributed by atoms with Crippen molar-refractivity contribution in [1.82, 2.24) is 4.98 Å². The summed E-state index contributed by atoms with van der Waals surface area (Å²) in [5.74, 6) is -0.944. The molecule has 0 radical (unpaired) electrons. The van der Waals surface area contributed by atoms with Crippen molar-refractivity contribution in [3.63, 3.8) is 0 Å². The molecule has 4 nitrogen and oxygen atoms in total. The van der Waals surface area contributed by atoms with Crippen LogP contribution in [-0.2, 0) is 0 Å². The van der Waals surface area contributed by atoms with Crippen LogP contribution in [0.25, 0.3) is 10.9 Å². The first-order valence-electron chi connectivity index (χ1n) is 8.84. The fraction of sp³-hybridized carbons (Fsp3) is 0.0435. The second-order valence-electron chi connectivity index (χ2n) is 6.39. The first-order valence-corrected chi connectivity index (χ1v) is 9.65. The van der Waals surface area contributed by atoms with Crippen molar-refractivity contribution in [1.29, 1.82) is 0 Å². The first-order chi connectivity index (χ1) is 13.6. The van der Waals surface area contributed by atoms with Gasteiger partial charge in [-0.1, -0.05) is 48.2 Å². The number of carboxylic acid groups (broad SMARTS) is 1. The fourth-order valence-corrected chi connectivity index (χ4v) is 3.98. The van der Waals surface area contributed by atoms with Crippen LogP contribution in [0.2, 0.25) is 0 Å². The van der Waals surface area contributed by atoms with Gasteiger partial charge in [0.05, 0.1) is 11.1 Å². The summed E-state index contributed by atoms with van der Waals surface area (Å²) in [7, 11) is 0. The molecule has 0 fully saturated rings. The van der Waals surface area contributed by atoms with Crippen LogP contribution >= 0.6 is 11.8 Å². The van der Waals surface area contributed by atoms with E-state index < -0.39 is 5.97 Å². The van der Waals surface area contributed by atoms with Crippen LogP contribution in [0.1, 0.15) is 16.1 Å². The van der Waals surface area contributed by atoms with Crippen molar-refractivity contribution in [2.24, 2.45) is 0 Å². The molecule has 1 heterocycles. The number of fused-ring (bicyclic) bond motifs is 1. The number of pyridine rings is 1. The van der Waals surface area contributed by atoms with E-state index in [1.165, 1.54) is 0 Å². The smallest absolute Gasteiger partial charge is 0.335 e. The molecule has 0 bridgehead atoms. The van der Waals surface area contributed by atoms with Gasteiger partial charge in [0, 0.05) is 32.2 Å². The van der Waals surface area contributed by atoms with E-state index in [9.17, 15) is 9.90 Å². The van der Waals surface area contributed by atoms with Gasteiger partial charge in [-0.15, -0.1) is 0 Å². The number of nitrogens with zero attached hydrogens (tertiary/aromatic N) is 1. The van der Waals surface area contributed by atoms with Crippen LogP contribution in [0, 0.1) is 6.92 Å². The zero-order valence-electron chi connectivity index (χ0n) is 15.2. The van der Waals surface area contributed by atoms with Crippen molar-refractivity contribution in [3.05, 3.63) is 90.1 Å². The summed E-state index contributed by atoms with van der Waals surface area (Å²) in [6, 6.07) is 25.1. The zero-order chi connectivity index (χ0) is 19.5. The lowest BCUT2D eigenvalue weighted by Crippen LogP contribution is -1.99. The van der Waals surface area contributed by atoms with Gasteiger partial charge in [-0.2, -0.15) is 0 Å². The van der Waals surface area contributed by atoms with Gasteiger partial charge in [-0.25, -0.2) is 4.79 Å². The van der Waals surface area contributed by atoms with Crippen molar-refractivity contribution in [2.45, 2.75) is 16.7 Å². The van der Waals surface area contributed by atoms with Gasteiger partial charge in [0.15, 0.2) is 0 Å². The number of carboxylic acids is 1. The molecular weight excluding hydrogens is 368 g/mol. The molecule has 0 saturated heterocycles. The van der Waals surface area contributed by atoms with E-state index in [1.54, 1.807) is 30.0 Å². The van der Waals surface area contributed by atoms with Crippen molar-refractivity contribution in [3.8, 4) is 0 Å². The maximum absolute atomic E-state index is 11.2. The highest BCUT2D eigenvalue weighted by Crippen LogP contribution is 2.36. The lowest BCUT2D eigenvalue weighted by molar-refractivity contribution is 0.0697. The lowest BCUT2D eigenvalue weighted by atomic mass is 10.1. The minimum Gasteiger partial charge on any atom is -0.478 e. The lowest BCUT2D eigenvalue weighted by Gasteiger charge is -2.13. The van der Waals surface area contributed by atoms with Gasteiger partial charge >= 0.3 is 5.97 Å². The number of hydrogen-bond acceptors (Lipinski definition) is 4. The number of nitrogens with one attached hydrogen (secondary N) is 1. The highest BCUT2D eigenvalue weighted by atomic mass is 32.2. The summed E-state index contributed by atoms with van der Waals surface area (Å²) < 4.78 is 0. The summed E-state index contributed by atoms with van der Waals surface area (Å²) in [5.41, 5.74) is 3.70. The molecule has 0 aliphatic heterocycles. The summed E-state index contributed by atoms with van der Waals surface area (Å²) in [6.07, 6.45) is 0. The SMILES string of the molecule is Cc1cc(Nc2cccc(C(=O)O)c2)c2cccc(Sc3ccccc3)c2n1. The summed E-state index contributed by atoms with van der Waals surface area (Å²) in [5, 5.41) is 13.6. The Hall–Kier alpha value is -3.31. The minimum atomic E-state index is -0.944. The van der Waals surface area contributed by atoms with Crippen molar-refractivity contribution in [2.75, 3.05) is 5.32 Å². The van der Waals surface area contributed by atoms with Crippen LogP contribution in [0.5, 0.6) is 0 Å². The first kappa shape index (κ1) is 18.1. The Morgan fingerprint density at radius 3 is 2.54 bits per heavy atom. The fourth-order valence-electron chi connectivity index (χ4n) is 3.04. The minimum absolute atomic E-state index is 0.250. The molecule has 0 unspecified atom stereocenters. The van der Waals surface area contributed by atoms with Gasteiger partial charge in [0.1, 0.15) is 0 Å². The number of aromatic nitrogens is 1. The molecule has 3 aromatic carbocycles. The van der Waals surface area contributed by atoms with E-state index in [4.69, 9.17) is 4.98 Å². The predicted molar refractivity (Wildman–Crippen MR) is 114 cm³/mol. The number of rotatable bonds is 5. The van der Waals surface area contributed by atoms with Crippen LogP contribution < -0.4 is 5.32 Å². The summed E-state index contributed by atoms with van der Waals surface area (Å²) >= 11 is 1.68. The van der Waals surface area contributed by atoms with Gasteiger partial charge in [-0.05, 0) is 49.4 Å². The Bertz CT molecular complexity index is 1160. The Balaban J connectivity index is 1.76. The molecule has 0 atom stereocenters. The van der Waals surface area contributed by atoms with E-state index in [-0.39, 0.29) is 5.56 Å². The monoisotopic (exact) mass is 386 g/mol. The molecule has 0 aliphatic rings. The molecule has 28 heavy (non-hydrogen) atoms. The second kappa shape index (κ2) is 7.74. The van der Waals surface area contributed by atoms with Gasteiger partial charge in [0.25, 0.3) is 0 Å². The predicted octanol–water partition coefficient (Wildman–Crippen LogP) is 6.14. The molecule has 4 rings (SSSR count). The van der Waals surface area contributed by atoms with Crippen LogP contribution in [0.4, 0.5) is 11.4 Å². The largest absolute Gasteiger partial charge is 0.478 e. The molecule has 0 spiro atoms. The third-order valence-electron chi connectivity index (χ3n) is 4.29. The average Bonchev–Trinajstić information content (AvgIpc) is 2.69. The van der Waals surface area contributed by atoms with Crippen LogP contribution in [-0.4, -0.2) is 16.1 Å². The standard InChI is InChI=1S/C23H18N2O2S/c1-15-13-20(25-17-8-5-7-16(14-17)23(26)27)19-11-6-12-21(22(19)24-15)28-18-9-3-2-4-10-18/h2-14H,1H3,(H,24,25)(H,26,27). The molecule has 0 aliphatic carbocycles. The van der Waals surface area contributed by atoms with E-state index >= 15 is 0 Å². The number of carbonyl (C=O) groups is 1. The summed E-state index contributed by atoms with van der Waals surface area (Å²) in [4.78, 5) is 18.2. The number of para-hydroxylation sites is 1. The molecule has 138 valence electrons. The van der Waals surface area contributed by atoms with Gasteiger partial charge in [-0.3, -0.25) is 4.98 Å². The maximum atomic E-state index is 11.2. The highest BCUT2D eigenvalue weighted by molar-refractivity contribution is 7.99. The molecule has 1 aromatic heterocycles. The molecule has 2 N–H and O–H groups in total. The number of hydrogen-bond donors (Lipinski definition) is 2. The molecule has 4 aromatic rings. The Labute approximate surface area is 167 Å². The van der Waals surface area contributed by atoms with E-state index in [1.807, 2.05) is 49.4 Å². The number of aromatic carboxylic acids is 1. The van der Waals surface area contributed by atoms with E-state index in [0.29, 0.717) is 0 Å². The molecule has 0 saturated carbocycles. The van der Waals surface area contributed by atoms with Crippen LogP contribution in [0.15, 0.2) is 88.7 Å². The van der Waals surface area contributed by atoms with Crippen LogP contribution in [0.3, 0.4) is 0 Å². The number of benzene rings is 3. The average molecular weight is 386 g/mol. The molecule has 0 amide bonds. The molecular formula is C23H18N2O2S. The quantitative estimate of drug-likeness (QED) is 0.432. The third-order valence-corrected chi connectivity index (χ3v) is 5.35. The van der Waals surface area contributed by atoms with E-state index in [0.717, 1.165) is 37.8 Å². The maximum Gasteiger partial charge on any atom is 0.335 e. The zero-order valence-corrected chi connectivity index (χ0v) is 16.0. The van der Waals surface area contributed by atoms with Crippen molar-refractivity contribution < 1.29 is 9.90 Å². The Kier molecular flexibility index (Phi) is 5.00. The Morgan fingerprint density at radius 2 is 1.75 bits per heavy atom. The van der Waals surface area contributed by atoms with Gasteiger partial charge in [0.2, 0.25) is 0 Å². The van der Waals surface area contributed by atoms with Crippen molar-refractivity contribution >= 4 is 40.0 Å². The summed E-state index contributed by atoms with van der Waals surface area (Å²) in [6.45, 7) is 1.96. The Morgan fingerprint density at radius 1 is 0.964 bits per heavy atom. The third kappa shape index (κ3) is 3.85.